The third-order valence-corrected chi connectivity index (χ3v) is 2.91. The molecule has 0 radical (unpaired) electrons. The van der Waals surface area contributed by atoms with Crippen molar-refractivity contribution in [2.75, 3.05) is 31.2 Å². The fourth-order valence-corrected chi connectivity index (χ4v) is 1.95. The molecule has 0 aliphatic heterocycles. The van der Waals surface area contributed by atoms with E-state index in [0.29, 0.717) is 19.1 Å². The molecule has 1 aromatic rings. The summed E-state index contributed by atoms with van der Waals surface area (Å²) in [6.45, 7) is 7.06. The number of hydrogen-bond acceptors (Lipinski definition) is 2. The Kier molecular flexibility index (Phi) is 6.30. The van der Waals surface area contributed by atoms with E-state index < -0.39 is 0 Å². The first kappa shape index (κ1) is 14.3. The lowest BCUT2D eigenvalue weighted by Crippen LogP contribution is -2.28. The number of likely N-dealkylation sites (N-methyl/N-ethyl adjacent to an activating group) is 1. The van der Waals surface area contributed by atoms with Gasteiger partial charge in [-0.05, 0) is 37.6 Å². The molecule has 0 bridgehead atoms. The SMILES string of the molecule is CCOCCN(CC)c1ccc(F)cc1CCl. The van der Waals surface area contributed by atoms with Gasteiger partial charge in [-0.2, -0.15) is 0 Å². The van der Waals surface area contributed by atoms with Gasteiger partial charge in [-0.3, -0.25) is 0 Å². The maximum Gasteiger partial charge on any atom is 0.123 e. The summed E-state index contributed by atoms with van der Waals surface area (Å²) in [5.41, 5.74) is 1.81. The standard InChI is InChI=1S/C13H19ClFNO/c1-3-16(7-8-17-4-2)13-6-5-12(15)9-11(13)10-14/h5-6,9H,3-4,7-8,10H2,1-2H3. The van der Waals surface area contributed by atoms with E-state index in [1.54, 1.807) is 6.07 Å². The predicted molar refractivity (Wildman–Crippen MR) is 70.3 cm³/mol. The van der Waals surface area contributed by atoms with E-state index in [1.165, 1.54) is 12.1 Å². The Morgan fingerprint density at radius 3 is 2.71 bits per heavy atom. The number of nitrogens with zero attached hydrogens (tertiary/aromatic N) is 1. The van der Waals surface area contributed by atoms with Gasteiger partial charge in [0, 0.05) is 31.3 Å². The van der Waals surface area contributed by atoms with Crippen LogP contribution in [0.15, 0.2) is 18.2 Å². The topological polar surface area (TPSA) is 12.5 Å². The van der Waals surface area contributed by atoms with Gasteiger partial charge in [0.1, 0.15) is 5.82 Å². The molecule has 0 atom stereocenters. The molecule has 0 unspecified atom stereocenters. The highest BCUT2D eigenvalue weighted by molar-refractivity contribution is 6.17. The summed E-state index contributed by atoms with van der Waals surface area (Å²) in [6, 6.07) is 4.74. The molecule has 1 rings (SSSR count). The van der Waals surface area contributed by atoms with Crippen molar-refractivity contribution >= 4 is 17.3 Å². The van der Waals surface area contributed by atoms with Crippen LogP contribution in [-0.2, 0) is 10.6 Å². The molecule has 0 aromatic heterocycles. The average Bonchev–Trinajstić information content (AvgIpc) is 2.35. The lowest BCUT2D eigenvalue weighted by Gasteiger charge is -2.25. The Balaban J connectivity index is 2.79. The second-order valence-electron chi connectivity index (χ2n) is 3.68. The molecular formula is C13H19ClFNO. The minimum Gasteiger partial charge on any atom is -0.380 e. The van der Waals surface area contributed by atoms with E-state index >= 15 is 0 Å². The van der Waals surface area contributed by atoms with Gasteiger partial charge in [0.15, 0.2) is 0 Å². The monoisotopic (exact) mass is 259 g/mol. The Morgan fingerprint density at radius 1 is 1.35 bits per heavy atom. The summed E-state index contributed by atoms with van der Waals surface area (Å²) in [7, 11) is 0. The number of ether oxygens (including phenoxy) is 1. The molecule has 17 heavy (non-hydrogen) atoms. The van der Waals surface area contributed by atoms with Crippen LogP contribution in [-0.4, -0.2) is 26.3 Å². The molecule has 0 heterocycles. The summed E-state index contributed by atoms with van der Waals surface area (Å²) in [5.74, 6) is 0.0726. The second kappa shape index (κ2) is 7.51. The Labute approximate surface area is 107 Å². The lowest BCUT2D eigenvalue weighted by molar-refractivity contribution is 0.154. The maximum absolute atomic E-state index is 13.1. The first-order valence-corrected chi connectivity index (χ1v) is 6.43. The number of benzene rings is 1. The first-order valence-electron chi connectivity index (χ1n) is 5.90. The molecule has 0 aliphatic carbocycles. The van der Waals surface area contributed by atoms with Gasteiger partial charge in [0.05, 0.1) is 6.61 Å². The van der Waals surface area contributed by atoms with Crippen molar-refractivity contribution in [3.63, 3.8) is 0 Å². The molecule has 0 N–H and O–H groups in total. The molecule has 1 aromatic carbocycles. The van der Waals surface area contributed by atoms with Crippen molar-refractivity contribution in [1.29, 1.82) is 0 Å². The fraction of sp³-hybridized carbons (Fsp3) is 0.538. The number of hydrogen-bond donors (Lipinski definition) is 0. The summed E-state index contributed by atoms with van der Waals surface area (Å²) in [5, 5.41) is 0. The highest BCUT2D eigenvalue weighted by atomic mass is 35.5. The molecule has 0 saturated carbocycles. The van der Waals surface area contributed by atoms with E-state index in [0.717, 1.165) is 24.3 Å². The van der Waals surface area contributed by atoms with Crippen molar-refractivity contribution in [3.05, 3.63) is 29.6 Å². The van der Waals surface area contributed by atoms with Gasteiger partial charge in [0.2, 0.25) is 0 Å². The number of anilines is 1. The van der Waals surface area contributed by atoms with Gasteiger partial charge >= 0.3 is 0 Å². The van der Waals surface area contributed by atoms with E-state index in [2.05, 4.69) is 11.8 Å². The van der Waals surface area contributed by atoms with Crippen molar-refractivity contribution in [2.24, 2.45) is 0 Å². The minimum absolute atomic E-state index is 0.245. The van der Waals surface area contributed by atoms with Crippen LogP contribution in [0.25, 0.3) is 0 Å². The molecular weight excluding hydrogens is 241 g/mol. The largest absolute Gasteiger partial charge is 0.380 e. The third-order valence-electron chi connectivity index (χ3n) is 2.62. The van der Waals surface area contributed by atoms with Crippen LogP contribution < -0.4 is 4.90 Å². The number of alkyl halides is 1. The Morgan fingerprint density at radius 2 is 2.12 bits per heavy atom. The highest BCUT2D eigenvalue weighted by Crippen LogP contribution is 2.23. The molecule has 0 saturated heterocycles. The van der Waals surface area contributed by atoms with Crippen molar-refractivity contribution in [2.45, 2.75) is 19.7 Å². The summed E-state index contributed by atoms with van der Waals surface area (Å²) in [4.78, 5) is 2.15. The van der Waals surface area contributed by atoms with E-state index in [9.17, 15) is 4.39 Å². The van der Waals surface area contributed by atoms with Crippen molar-refractivity contribution in [1.82, 2.24) is 0 Å². The maximum atomic E-state index is 13.1. The van der Waals surface area contributed by atoms with Crippen LogP contribution >= 0.6 is 11.6 Å². The van der Waals surface area contributed by atoms with E-state index in [4.69, 9.17) is 16.3 Å². The normalized spacial score (nSPS) is 10.6. The predicted octanol–water partition coefficient (Wildman–Crippen LogP) is 3.43. The summed E-state index contributed by atoms with van der Waals surface area (Å²) >= 11 is 5.84. The van der Waals surface area contributed by atoms with Crippen LogP contribution in [0, 0.1) is 5.82 Å². The Bertz CT molecular complexity index is 346. The number of rotatable bonds is 7. The van der Waals surface area contributed by atoms with Crippen molar-refractivity contribution < 1.29 is 9.13 Å². The van der Waals surface area contributed by atoms with Crippen LogP contribution in [0.1, 0.15) is 19.4 Å². The van der Waals surface area contributed by atoms with E-state index in [-0.39, 0.29) is 5.82 Å². The molecule has 4 heteroatoms. The van der Waals surface area contributed by atoms with Crippen molar-refractivity contribution in [3.8, 4) is 0 Å². The van der Waals surface area contributed by atoms with Gasteiger partial charge < -0.3 is 9.64 Å². The van der Waals surface area contributed by atoms with Crippen LogP contribution in [0.2, 0.25) is 0 Å². The minimum atomic E-state index is -0.245. The quantitative estimate of drug-likeness (QED) is 0.550. The number of halogens is 2. The fourth-order valence-electron chi connectivity index (χ4n) is 1.74. The van der Waals surface area contributed by atoms with Gasteiger partial charge in [0.25, 0.3) is 0 Å². The zero-order valence-electron chi connectivity index (χ0n) is 10.4. The third kappa shape index (κ3) is 4.17. The van der Waals surface area contributed by atoms with Gasteiger partial charge in [-0.25, -0.2) is 4.39 Å². The lowest BCUT2D eigenvalue weighted by atomic mass is 10.1. The molecule has 2 nitrogen and oxygen atoms in total. The molecule has 0 fully saturated rings. The summed E-state index contributed by atoms with van der Waals surface area (Å²) < 4.78 is 18.4. The molecule has 0 aliphatic rings. The first-order chi connectivity index (χ1) is 8.22. The average molecular weight is 260 g/mol. The molecule has 0 amide bonds. The van der Waals surface area contributed by atoms with E-state index in [1.807, 2.05) is 6.92 Å². The highest BCUT2D eigenvalue weighted by Gasteiger charge is 2.10. The molecule has 0 spiro atoms. The zero-order chi connectivity index (χ0) is 12.7. The van der Waals surface area contributed by atoms with Gasteiger partial charge in [-0.1, -0.05) is 0 Å². The van der Waals surface area contributed by atoms with Gasteiger partial charge in [-0.15, -0.1) is 11.6 Å². The van der Waals surface area contributed by atoms with Crippen LogP contribution in [0.3, 0.4) is 0 Å². The zero-order valence-corrected chi connectivity index (χ0v) is 11.1. The van der Waals surface area contributed by atoms with Crippen LogP contribution in [0.4, 0.5) is 10.1 Å². The Hall–Kier alpha value is -0.800. The molecule has 96 valence electrons. The summed E-state index contributed by atoms with van der Waals surface area (Å²) in [6.07, 6.45) is 0. The van der Waals surface area contributed by atoms with Crippen LogP contribution in [0.5, 0.6) is 0 Å². The smallest absolute Gasteiger partial charge is 0.123 e. The second-order valence-corrected chi connectivity index (χ2v) is 3.95.